The van der Waals surface area contributed by atoms with Crippen LogP contribution in [0.5, 0.6) is 0 Å². The lowest BCUT2D eigenvalue weighted by Crippen LogP contribution is -2.42. The number of hydrogen-bond donors (Lipinski definition) is 1. The van der Waals surface area contributed by atoms with E-state index < -0.39 is 0 Å². The van der Waals surface area contributed by atoms with Crippen LogP contribution in [0, 0.1) is 5.92 Å². The van der Waals surface area contributed by atoms with Gasteiger partial charge in [-0.2, -0.15) is 0 Å². The molecule has 1 nitrogen and oxygen atoms in total. The second kappa shape index (κ2) is 8.11. The van der Waals surface area contributed by atoms with Crippen molar-refractivity contribution in [3.05, 3.63) is 0 Å². The Kier molecular flexibility index (Phi) is 7.11. The van der Waals surface area contributed by atoms with Gasteiger partial charge in [0.05, 0.1) is 0 Å². The Labute approximate surface area is 102 Å². The van der Waals surface area contributed by atoms with Gasteiger partial charge in [0.2, 0.25) is 0 Å². The smallest absolute Gasteiger partial charge is 0.00438 e. The van der Waals surface area contributed by atoms with E-state index in [-0.39, 0.29) is 0 Å². The quantitative estimate of drug-likeness (QED) is 0.628. The first-order chi connectivity index (χ1) is 7.72. The maximum atomic E-state index is 3.63. The summed E-state index contributed by atoms with van der Waals surface area (Å²) in [4.78, 5) is 0. The van der Waals surface area contributed by atoms with E-state index in [1.165, 1.54) is 57.8 Å². The van der Waals surface area contributed by atoms with Gasteiger partial charge in [0.1, 0.15) is 0 Å². The molecule has 0 aromatic rings. The summed E-state index contributed by atoms with van der Waals surface area (Å²) >= 11 is 0. The second-order valence-corrected chi connectivity index (χ2v) is 5.86. The topological polar surface area (TPSA) is 12.0 Å². The van der Waals surface area contributed by atoms with Gasteiger partial charge >= 0.3 is 0 Å². The average molecular weight is 225 g/mol. The molecule has 1 fully saturated rings. The van der Waals surface area contributed by atoms with Gasteiger partial charge in [0.15, 0.2) is 0 Å². The van der Waals surface area contributed by atoms with E-state index in [1.54, 1.807) is 0 Å². The van der Waals surface area contributed by atoms with Crippen LogP contribution in [-0.2, 0) is 0 Å². The summed E-state index contributed by atoms with van der Waals surface area (Å²) in [6.07, 6.45) is 12.9. The van der Waals surface area contributed by atoms with Crippen LogP contribution in [0.3, 0.4) is 0 Å². The molecular weight excluding hydrogens is 194 g/mol. The van der Waals surface area contributed by atoms with Crippen LogP contribution in [-0.4, -0.2) is 12.1 Å². The first-order valence-corrected chi connectivity index (χ1v) is 7.48. The Morgan fingerprint density at radius 1 is 0.875 bits per heavy atom. The van der Waals surface area contributed by atoms with Crippen molar-refractivity contribution >= 4 is 0 Å². The molecule has 2 atom stereocenters. The molecule has 96 valence electrons. The third-order valence-electron chi connectivity index (χ3n) is 3.91. The molecule has 0 bridgehead atoms. The molecule has 0 amide bonds. The minimum Gasteiger partial charge on any atom is -0.312 e. The molecule has 2 unspecified atom stereocenters. The van der Waals surface area contributed by atoms with Crippen molar-refractivity contribution in [1.29, 1.82) is 0 Å². The predicted molar refractivity (Wildman–Crippen MR) is 72.8 cm³/mol. The van der Waals surface area contributed by atoms with Gasteiger partial charge in [-0.1, -0.05) is 51.9 Å². The highest BCUT2D eigenvalue weighted by Crippen LogP contribution is 2.25. The van der Waals surface area contributed by atoms with Crippen LogP contribution in [0.15, 0.2) is 0 Å². The number of piperidine rings is 1. The van der Waals surface area contributed by atoms with Crippen molar-refractivity contribution in [2.75, 3.05) is 0 Å². The fourth-order valence-corrected chi connectivity index (χ4v) is 3.17. The monoisotopic (exact) mass is 225 g/mol. The van der Waals surface area contributed by atoms with Crippen molar-refractivity contribution in [2.24, 2.45) is 5.92 Å². The third kappa shape index (κ3) is 5.89. The minimum atomic E-state index is 0.744. The summed E-state index contributed by atoms with van der Waals surface area (Å²) in [5.74, 6) is 0.998. The maximum absolute atomic E-state index is 3.63. The highest BCUT2D eigenvalue weighted by atomic mass is 14.9. The van der Waals surface area contributed by atoms with Crippen LogP contribution < -0.4 is 5.32 Å². The standard InChI is InChI=1S/C15H31N/c1-4-5-6-7-8-9-10-15-11-13(2)16-14(3)12-15/h13-16H,4-12H2,1-3H3. The predicted octanol–water partition coefficient (Wildman–Crippen LogP) is 4.51. The van der Waals surface area contributed by atoms with E-state index >= 15 is 0 Å². The number of hydrogen-bond acceptors (Lipinski definition) is 1. The Bertz CT molecular complexity index is 157. The molecule has 16 heavy (non-hydrogen) atoms. The van der Waals surface area contributed by atoms with Gasteiger partial charge in [-0.25, -0.2) is 0 Å². The van der Waals surface area contributed by atoms with Crippen LogP contribution in [0.4, 0.5) is 0 Å². The molecule has 1 saturated heterocycles. The molecule has 0 aliphatic carbocycles. The number of unbranched alkanes of at least 4 members (excludes halogenated alkanes) is 5. The van der Waals surface area contributed by atoms with Gasteiger partial charge in [0, 0.05) is 12.1 Å². The minimum absolute atomic E-state index is 0.744. The summed E-state index contributed by atoms with van der Waals surface area (Å²) in [5, 5.41) is 3.63. The van der Waals surface area contributed by atoms with E-state index in [2.05, 4.69) is 26.1 Å². The summed E-state index contributed by atoms with van der Waals surface area (Å²) < 4.78 is 0. The van der Waals surface area contributed by atoms with Crippen molar-refractivity contribution < 1.29 is 0 Å². The maximum Gasteiger partial charge on any atom is 0.00438 e. The van der Waals surface area contributed by atoms with E-state index in [9.17, 15) is 0 Å². The first kappa shape index (κ1) is 14.0. The normalized spacial score (nSPS) is 30.6. The molecule has 1 aliphatic rings. The highest BCUT2D eigenvalue weighted by molar-refractivity contribution is 4.80. The molecule has 0 aromatic carbocycles. The molecule has 0 spiro atoms. The zero-order chi connectivity index (χ0) is 11.8. The third-order valence-corrected chi connectivity index (χ3v) is 3.91. The average Bonchev–Trinajstić information content (AvgIpc) is 2.22. The Morgan fingerprint density at radius 2 is 1.44 bits per heavy atom. The Morgan fingerprint density at radius 3 is 2.06 bits per heavy atom. The molecule has 1 N–H and O–H groups in total. The molecule has 0 saturated carbocycles. The van der Waals surface area contributed by atoms with Gasteiger partial charge in [-0.3, -0.25) is 0 Å². The van der Waals surface area contributed by atoms with Crippen molar-refractivity contribution in [3.63, 3.8) is 0 Å². The SMILES string of the molecule is CCCCCCCCC1CC(C)NC(C)C1. The summed E-state index contributed by atoms with van der Waals surface area (Å²) in [6, 6.07) is 1.49. The number of nitrogens with one attached hydrogen (secondary N) is 1. The fraction of sp³-hybridized carbons (Fsp3) is 1.00. The van der Waals surface area contributed by atoms with Crippen molar-refractivity contribution in [2.45, 2.75) is 90.6 Å². The highest BCUT2D eigenvalue weighted by Gasteiger charge is 2.22. The summed E-state index contributed by atoms with van der Waals surface area (Å²) in [7, 11) is 0. The lowest BCUT2D eigenvalue weighted by Gasteiger charge is -2.33. The molecule has 0 radical (unpaired) electrons. The zero-order valence-corrected chi connectivity index (χ0v) is 11.6. The van der Waals surface area contributed by atoms with E-state index in [4.69, 9.17) is 0 Å². The van der Waals surface area contributed by atoms with Crippen LogP contribution in [0.25, 0.3) is 0 Å². The molecule has 1 aliphatic heterocycles. The summed E-state index contributed by atoms with van der Waals surface area (Å²) in [6.45, 7) is 6.96. The molecule has 1 rings (SSSR count). The van der Waals surface area contributed by atoms with Crippen LogP contribution >= 0.6 is 0 Å². The van der Waals surface area contributed by atoms with Crippen LogP contribution in [0.1, 0.15) is 78.6 Å². The largest absolute Gasteiger partial charge is 0.312 e. The Balaban J connectivity index is 1.99. The van der Waals surface area contributed by atoms with Gasteiger partial charge in [-0.05, 0) is 32.6 Å². The molecule has 1 heterocycles. The van der Waals surface area contributed by atoms with Gasteiger partial charge in [0.25, 0.3) is 0 Å². The zero-order valence-electron chi connectivity index (χ0n) is 11.6. The van der Waals surface area contributed by atoms with E-state index in [1.807, 2.05) is 0 Å². The molecule has 0 aromatic heterocycles. The summed E-state index contributed by atoms with van der Waals surface area (Å²) in [5.41, 5.74) is 0. The van der Waals surface area contributed by atoms with Gasteiger partial charge in [-0.15, -0.1) is 0 Å². The van der Waals surface area contributed by atoms with Crippen molar-refractivity contribution in [1.82, 2.24) is 5.32 Å². The first-order valence-electron chi connectivity index (χ1n) is 7.48. The van der Waals surface area contributed by atoms with Gasteiger partial charge < -0.3 is 5.32 Å². The molecular formula is C15H31N. The Hall–Kier alpha value is -0.0400. The lowest BCUT2D eigenvalue weighted by molar-refractivity contribution is 0.247. The number of rotatable bonds is 7. The lowest BCUT2D eigenvalue weighted by atomic mass is 9.85. The second-order valence-electron chi connectivity index (χ2n) is 5.86. The molecule has 1 heteroatoms. The van der Waals surface area contributed by atoms with E-state index in [0.29, 0.717) is 0 Å². The van der Waals surface area contributed by atoms with E-state index in [0.717, 1.165) is 18.0 Å². The van der Waals surface area contributed by atoms with Crippen LogP contribution in [0.2, 0.25) is 0 Å². The van der Waals surface area contributed by atoms with Crippen molar-refractivity contribution in [3.8, 4) is 0 Å². The fourth-order valence-electron chi connectivity index (χ4n) is 3.17.